The second-order valence-corrected chi connectivity index (χ2v) is 5.83. The summed E-state index contributed by atoms with van der Waals surface area (Å²) < 4.78 is 39.1. The van der Waals surface area contributed by atoms with E-state index >= 15 is 0 Å². The van der Waals surface area contributed by atoms with E-state index in [1.165, 1.54) is 17.4 Å². The zero-order chi connectivity index (χ0) is 12.8. The highest BCUT2D eigenvalue weighted by Gasteiger charge is 2.33. The van der Waals surface area contributed by atoms with Gasteiger partial charge in [0.25, 0.3) is 0 Å². The molecule has 1 heterocycles. The van der Waals surface area contributed by atoms with Crippen LogP contribution in [0.2, 0.25) is 0 Å². The van der Waals surface area contributed by atoms with Gasteiger partial charge >= 0.3 is 6.18 Å². The second kappa shape index (κ2) is 3.70. The Hall–Kier alpha value is -1.10. The van der Waals surface area contributed by atoms with Crippen LogP contribution in [0.5, 0.6) is 0 Å². The van der Waals surface area contributed by atoms with Gasteiger partial charge in [0, 0.05) is 0 Å². The molecule has 0 fully saturated rings. The van der Waals surface area contributed by atoms with E-state index in [4.69, 9.17) is 0 Å². The molecule has 0 spiro atoms. The van der Waals surface area contributed by atoms with Gasteiger partial charge in [0.1, 0.15) is 0 Å². The first-order valence-corrected chi connectivity index (χ1v) is 6.02. The van der Waals surface area contributed by atoms with Crippen molar-refractivity contribution in [3.05, 3.63) is 28.8 Å². The molecule has 5 heteroatoms. The molecule has 1 aromatic carbocycles. The molecule has 0 atom stereocenters. The third kappa shape index (κ3) is 2.29. The van der Waals surface area contributed by atoms with Gasteiger partial charge in [-0.15, -0.1) is 11.3 Å². The normalized spacial score (nSPS) is 13.3. The molecule has 0 unspecified atom stereocenters. The van der Waals surface area contributed by atoms with Crippen LogP contribution in [0.15, 0.2) is 17.6 Å². The standard InChI is InChI=1S/C12H12F3NS/c1-11(2,3)8-4-7(12(13,14)15)5-9-10(8)17-6-16-9/h4-6H,1-3H3. The van der Waals surface area contributed by atoms with Crippen LogP contribution in [0.4, 0.5) is 13.2 Å². The molecular formula is C12H12F3NS. The van der Waals surface area contributed by atoms with Crippen LogP contribution in [0.25, 0.3) is 10.2 Å². The number of rotatable bonds is 0. The van der Waals surface area contributed by atoms with Crippen molar-refractivity contribution in [2.75, 3.05) is 0 Å². The molecule has 2 rings (SSSR count). The maximum absolute atomic E-state index is 12.8. The molecular weight excluding hydrogens is 247 g/mol. The topological polar surface area (TPSA) is 12.9 Å². The van der Waals surface area contributed by atoms with Crippen LogP contribution in [-0.4, -0.2) is 4.98 Å². The van der Waals surface area contributed by atoms with Gasteiger partial charge in [-0.3, -0.25) is 0 Å². The van der Waals surface area contributed by atoms with E-state index in [2.05, 4.69) is 4.98 Å². The van der Waals surface area contributed by atoms with Crippen molar-refractivity contribution in [1.29, 1.82) is 0 Å². The first kappa shape index (κ1) is 12.4. The number of alkyl halides is 3. The Morgan fingerprint density at radius 1 is 1.12 bits per heavy atom. The smallest absolute Gasteiger partial charge is 0.245 e. The van der Waals surface area contributed by atoms with Crippen LogP contribution >= 0.6 is 11.3 Å². The Morgan fingerprint density at radius 3 is 2.29 bits per heavy atom. The van der Waals surface area contributed by atoms with E-state index in [-0.39, 0.29) is 5.41 Å². The maximum Gasteiger partial charge on any atom is 0.416 e. The number of hydrogen-bond donors (Lipinski definition) is 0. The predicted molar refractivity (Wildman–Crippen MR) is 63.3 cm³/mol. The highest BCUT2D eigenvalue weighted by molar-refractivity contribution is 7.17. The maximum atomic E-state index is 12.8. The Kier molecular flexibility index (Phi) is 2.69. The summed E-state index contributed by atoms with van der Waals surface area (Å²) in [5.41, 5.74) is 1.76. The minimum Gasteiger partial charge on any atom is -0.245 e. The third-order valence-electron chi connectivity index (χ3n) is 2.57. The van der Waals surface area contributed by atoms with E-state index < -0.39 is 11.7 Å². The first-order valence-electron chi connectivity index (χ1n) is 5.14. The van der Waals surface area contributed by atoms with Crippen molar-refractivity contribution >= 4 is 21.6 Å². The molecule has 0 aliphatic heterocycles. The van der Waals surface area contributed by atoms with E-state index in [9.17, 15) is 13.2 Å². The molecule has 1 nitrogen and oxygen atoms in total. The van der Waals surface area contributed by atoms with Gasteiger partial charge in [-0.25, -0.2) is 4.98 Å². The van der Waals surface area contributed by atoms with E-state index in [1.54, 1.807) is 5.51 Å². The van der Waals surface area contributed by atoms with Crippen molar-refractivity contribution in [3.8, 4) is 0 Å². The fraction of sp³-hybridized carbons (Fsp3) is 0.417. The number of nitrogens with zero attached hydrogens (tertiary/aromatic N) is 1. The summed E-state index contributed by atoms with van der Waals surface area (Å²) in [7, 11) is 0. The number of thiazole rings is 1. The molecule has 0 aliphatic carbocycles. The number of halogens is 3. The van der Waals surface area contributed by atoms with Crippen LogP contribution < -0.4 is 0 Å². The predicted octanol–water partition coefficient (Wildman–Crippen LogP) is 4.61. The van der Waals surface area contributed by atoms with Crippen molar-refractivity contribution in [1.82, 2.24) is 4.98 Å². The van der Waals surface area contributed by atoms with Gasteiger partial charge in [0.15, 0.2) is 0 Å². The summed E-state index contributed by atoms with van der Waals surface area (Å²) >= 11 is 1.38. The van der Waals surface area contributed by atoms with Gasteiger partial charge in [-0.1, -0.05) is 20.8 Å². The fourth-order valence-corrected chi connectivity index (χ4v) is 2.69. The Balaban J connectivity index is 2.76. The van der Waals surface area contributed by atoms with Crippen LogP contribution in [0, 0.1) is 0 Å². The minimum atomic E-state index is -4.32. The van der Waals surface area contributed by atoms with Gasteiger partial charge in [-0.2, -0.15) is 13.2 Å². The Bertz CT molecular complexity index is 549. The zero-order valence-corrected chi connectivity index (χ0v) is 10.5. The SMILES string of the molecule is CC(C)(C)c1cc(C(F)(F)F)cc2ncsc12. The molecule has 0 saturated carbocycles. The highest BCUT2D eigenvalue weighted by Crippen LogP contribution is 2.38. The number of fused-ring (bicyclic) bond motifs is 1. The molecule has 0 N–H and O–H groups in total. The van der Waals surface area contributed by atoms with Crippen molar-refractivity contribution < 1.29 is 13.2 Å². The van der Waals surface area contributed by atoms with E-state index in [0.29, 0.717) is 11.1 Å². The molecule has 1 aromatic heterocycles. The Morgan fingerprint density at radius 2 is 1.76 bits per heavy atom. The van der Waals surface area contributed by atoms with Gasteiger partial charge in [-0.05, 0) is 23.1 Å². The van der Waals surface area contributed by atoms with Crippen LogP contribution in [-0.2, 0) is 11.6 Å². The Labute approximate surface area is 101 Å². The number of aromatic nitrogens is 1. The molecule has 0 amide bonds. The third-order valence-corrected chi connectivity index (χ3v) is 3.44. The summed E-state index contributed by atoms with van der Waals surface area (Å²) in [6.07, 6.45) is -4.32. The highest BCUT2D eigenvalue weighted by atomic mass is 32.1. The van der Waals surface area contributed by atoms with Gasteiger partial charge < -0.3 is 0 Å². The van der Waals surface area contributed by atoms with E-state index in [1.807, 2.05) is 20.8 Å². The lowest BCUT2D eigenvalue weighted by atomic mass is 9.86. The molecule has 17 heavy (non-hydrogen) atoms. The zero-order valence-electron chi connectivity index (χ0n) is 9.72. The summed E-state index contributed by atoms with van der Waals surface area (Å²) in [6.45, 7) is 5.71. The molecule has 0 aliphatic rings. The fourth-order valence-electron chi connectivity index (χ4n) is 1.69. The lowest BCUT2D eigenvalue weighted by Crippen LogP contribution is -2.14. The number of hydrogen-bond acceptors (Lipinski definition) is 2. The molecule has 0 radical (unpaired) electrons. The molecule has 92 valence electrons. The van der Waals surface area contributed by atoms with Gasteiger partial charge in [0.05, 0.1) is 21.3 Å². The lowest BCUT2D eigenvalue weighted by molar-refractivity contribution is -0.137. The second-order valence-electron chi connectivity index (χ2n) is 4.97. The largest absolute Gasteiger partial charge is 0.416 e. The average molecular weight is 259 g/mol. The van der Waals surface area contributed by atoms with Crippen LogP contribution in [0.1, 0.15) is 31.9 Å². The summed E-state index contributed by atoms with van der Waals surface area (Å²) in [6, 6.07) is 2.35. The van der Waals surface area contributed by atoms with Gasteiger partial charge in [0.2, 0.25) is 0 Å². The van der Waals surface area contributed by atoms with Crippen molar-refractivity contribution in [2.24, 2.45) is 0 Å². The molecule has 0 saturated heterocycles. The summed E-state index contributed by atoms with van der Waals surface area (Å²) in [5, 5.41) is 0. The first-order chi connectivity index (χ1) is 7.69. The lowest BCUT2D eigenvalue weighted by Gasteiger charge is -2.21. The van der Waals surface area contributed by atoms with E-state index in [0.717, 1.165) is 10.8 Å². The average Bonchev–Trinajstić information content (AvgIpc) is 2.59. The van der Waals surface area contributed by atoms with Crippen LogP contribution in [0.3, 0.4) is 0 Å². The monoisotopic (exact) mass is 259 g/mol. The number of benzene rings is 1. The summed E-state index contributed by atoms with van der Waals surface area (Å²) in [5.74, 6) is 0. The van der Waals surface area contributed by atoms with Crippen molar-refractivity contribution in [2.45, 2.75) is 32.4 Å². The molecule has 2 aromatic rings. The molecule has 0 bridgehead atoms. The summed E-state index contributed by atoms with van der Waals surface area (Å²) in [4.78, 5) is 3.99. The quantitative estimate of drug-likeness (QED) is 0.673. The van der Waals surface area contributed by atoms with Crippen molar-refractivity contribution in [3.63, 3.8) is 0 Å². The minimum absolute atomic E-state index is 0.327.